The van der Waals surface area contributed by atoms with Gasteiger partial charge in [-0.2, -0.15) is 0 Å². The van der Waals surface area contributed by atoms with Crippen LogP contribution in [0.25, 0.3) is 22.3 Å². The van der Waals surface area contributed by atoms with E-state index in [1.807, 2.05) is 12.1 Å². The molecule has 0 spiro atoms. The number of halogens is 1. The number of unbranched alkanes of at least 4 members (excludes halogenated alkanes) is 1. The van der Waals surface area contributed by atoms with Gasteiger partial charge in [-0.15, -0.1) is 0 Å². The molecule has 5 heteroatoms. The van der Waals surface area contributed by atoms with Crippen molar-refractivity contribution in [2.24, 2.45) is 0 Å². The average molecular weight is 299 g/mol. The fraction of sp³-hybridized carbons (Fsp3) is 0.250. The highest BCUT2D eigenvalue weighted by Crippen LogP contribution is 2.27. The second kappa shape index (κ2) is 6.14. The number of aromatic nitrogens is 4. The van der Waals surface area contributed by atoms with E-state index in [9.17, 15) is 0 Å². The molecule has 4 nitrogen and oxygen atoms in total. The molecule has 3 heterocycles. The van der Waals surface area contributed by atoms with Gasteiger partial charge < -0.3 is 0 Å². The van der Waals surface area contributed by atoms with Gasteiger partial charge in [0.25, 0.3) is 0 Å². The summed E-state index contributed by atoms with van der Waals surface area (Å²) in [6, 6.07) is 3.81. The molecule has 3 rings (SSSR count). The maximum absolute atomic E-state index is 6.29. The molecule has 0 atom stereocenters. The zero-order valence-electron chi connectivity index (χ0n) is 11.8. The first-order chi connectivity index (χ1) is 10.3. The molecule has 0 unspecified atom stereocenters. The molecule has 21 heavy (non-hydrogen) atoms. The van der Waals surface area contributed by atoms with Crippen molar-refractivity contribution < 1.29 is 0 Å². The van der Waals surface area contributed by atoms with Gasteiger partial charge in [-0.05, 0) is 25.0 Å². The number of hydrogen-bond acceptors (Lipinski definition) is 4. The standard InChI is InChI=1S/C16H15ClN4/c1-2-3-4-13-15-12(17)9-19-10-14(15)21-16(20-13)11-5-7-18-8-6-11/h5-10H,2-4H2,1H3. The molecular weight excluding hydrogens is 284 g/mol. The summed E-state index contributed by atoms with van der Waals surface area (Å²) in [5.74, 6) is 0.695. The monoisotopic (exact) mass is 298 g/mol. The Morgan fingerprint density at radius 2 is 1.86 bits per heavy atom. The normalized spacial score (nSPS) is 11.0. The van der Waals surface area contributed by atoms with Crippen molar-refractivity contribution in [3.63, 3.8) is 0 Å². The minimum Gasteiger partial charge on any atom is -0.265 e. The lowest BCUT2D eigenvalue weighted by molar-refractivity contribution is 0.781. The van der Waals surface area contributed by atoms with E-state index < -0.39 is 0 Å². The fourth-order valence-electron chi connectivity index (χ4n) is 2.27. The van der Waals surface area contributed by atoms with Crippen molar-refractivity contribution in [1.82, 2.24) is 19.9 Å². The summed E-state index contributed by atoms with van der Waals surface area (Å²) in [6.45, 7) is 2.16. The Labute approximate surface area is 128 Å². The summed E-state index contributed by atoms with van der Waals surface area (Å²) >= 11 is 6.29. The summed E-state index contributed by atoms with van der Waals surface area (Å²) in [7, 11) is 0. The minimum atomic E-state index is 0.611. The third-order valence-corrected chi connectivity index (χ3v) is 3.63. The molecule has 0 aromatic carbocycles. The van der Waals surface area contributed by atoms with Gasteiger partial charge >= 0.3 is 0 Å². The van der Waals surface area contributed by atoms with Crippen LogP contribution in [0.4, 0.5) is 0 Å². The first kappa shape index (κ1) is 13.9. The maximum atomic E-state index is 6.29. The first-order valence-corrected chi connectivity index (χ1v) is 7.38. The van der Waals surface area contributed by atoms with Gasteiger partial charge in [0.2, 0.25) is 0 Å². The minimum absolute atomic E-state index is 0.611. The lowest BCUT2D eigenvalue weighted by Crippen LogP contribution is -1.99. The Hall–Kier alpha value is -2.07. The quantitative estimate of drug-likeness (QED) is 0.728. The van der Waals surface area contributed by atoms with Crippen LogP contribution >= 0.6 is 11.6 Å². The first-order valence-electron chi connectivity index (χ1n) is 7.00. The Bertz CT molecular complexity index is 759. The van der Waals surface area contributed by atoms with E-state index >= 15 is 0 Å². The molecule has 0 saturated heterocycles. The van der Waals surface area contributed by atoms with Gasteiger partial charge in [-0.25, -0.2) is 9.97 Å². The van der Waals surface area contributed by atoms with Gasteiger partial charge in [0.1, 0.15) is 0 Å². The van der Waals surface area contributed by atoms with Crippen LogP contribution in [-0.4, -0.2) is 19.9 Å². The van der Waals surface area contributed by atoms with Crippen molar-refractivity contribution in [2.45, 2.75) is 26.2 Å². The number of rotatable bonds is 4. The largest absolute Gasteiger partial charge is 0.265 e. The van der Waals surface area contributed by atoms with Crippen molar-refractivity contribution in [3.8, 4) is 11.4 Å². The van der Waals surface area contributed by atoms with Crippen molar-refractivity contribution in [1.29, 1.82) is 0 Å². The summed E-state index contributed by atoms with van der Waals surface area (Å²) in [5.41, 5.74) is 2.72. The predicted molar refractivity (Wildman–Crippen MR) is 84.2 cm³/mol. The molecule has 0 aliphatic rings. The Morgan fingerprint density at radius 3 is 2.62 bits per heavy atom. The molecule has 0 N–H and O–H groups in total. The van der Waals surface area contributed by atoms with Crippen LogP contribution in [-0.2, 0) is 6.42 Å². The zero-order chi connectivity index (χ0) is 14.7. The molecular formula is C16H15ClN4. The summed E-state index contributed by atoms with van der Waals surface area (Å²) in [5, 5.41) is 1.53. The maximum Gasteiger partial charge on any atom is 0.160 e. The van der Waals surface area contributed by atoms with Crippen LogP contribution < -0.4 is 0 Å². The smallest absolute Gasteiger partial charge is 0.160 e. The fourth-order valence-corrected chi connectivity index (χ4v) is 2.54. The van der Waals surface area contributed by atoms with E-state index in [1.54, 1.807) is 24.8 Å². The zero-order valence-corrected chi connectivity index (χ0v) is 12.5. The molecule has 0 aliphatic heterocycles. The predicted octanol–water partition coefficient (Wildman–Crippen LogP) is 4.08. The van der Waals surface area contributed by atoms with E-state index in [-0.39, 0.29) is 0 Å². The SMILES string of the molecule is CCCCc1nc(-c2ccncc2)nc2cncc(Cl)c12. The molecule has 3 aromatic rings. The molecule has 0 fully saturated rings. The van der Waals surface area contributed by atoms with Gasteiger partial charge in [-0.1, -0.05) is 24.9 Å². The van der Waals surface area contributed by atoms with Gasteiger partial charge in [0.05, 0.1) is 22.4 Å². The second-order valence-corrected chi connectivity index (χ2v) is 5.26. The van der Waals surface area contributed by atoms with Crippen molar-refractivity contribution in [3.05, 3.63) is 47.6 Å². The third kappa shape index (κ3) is 2.85. The number of pyridine rings is 2. The molecule has 0 amide bonds. The second-order valence-electron chi connectivity index (χ2n) is 4.85. The van der Waals surface area contributed by atoms with E-state index in [4.69, 9.17) is 16.6 Å². The highest BCUT2D eigenvalue weighted by molar-refractivity contribution is 6.35. The number of hydrogen-bond donors (Lipinski definition) is 0. The van der Waals surface area contributed by atoms with E-state index in [0.717, 1.165) is 41.4 Å². The molecule has 0 aliphatic carbocycles. The van der Waals surface area contributed by atoms with Crippen molar-refractivity contribution in [2.75, 3.05) is 0 Å². The van der Waals surface area contributed by atoms with Crippen LogP contribution in [0.3, 0.4) is 0 Å². The molecule has 0 bridgehead atoms. The number of nitrogens with zero attached hydrogens (tertiary/aromatic N) is 4. The lowest BCUT2D eigenvalue weighted by atomic mass is 10.1. The number of aryl methyl sites for hydroxylation is 1. The molecule has 106 valence electrons. The summed E-state index contributed by atoms with van der Waals surface area (Å²) < 4.78 is 0. The summed E-state index contributed by atoms with van der Waals surface area (Å²) in [4.78, 5) is 17.5. The van der Waals surface area contributed by atoms with E-state index in [0.29, 0.717) is 10.8 Å². The molecule has 3 aromatic heterocycles. The topological polar surface area (TPSA) is 51.6 Å². The van der Waals surface area contributed by atoms with Gasteiger partial charge in [0, 0.05) is 29.5 Å². The summed E-state index contributed by atoms with van der Waals surface area (Å²) in [6.07, 6.45) is 9.93. The average Bonchev–Trinajstić information content (AvgIpc) is 2.53. The van der Waals surface area contributed by atoms with E-state index in [2.05, 4.69) is 21.9 Å². The van der Waals surface area contributed by atoms with E-state index in [1.165, 1.54) is 0 Å². The van der Waals surface area contributed by atoms with Crippen LogP contribution in [0, 0.1) is 0 Å². The van der Waals surface area contributed by atoms with Gasteiger partial charge in [-0.3, -0.25) is 9.97 Å². The van der Waals surface area contributed by atoms with Crippen LogP contribution in [0.2, 0.25) is 5.02 Å². The molecule has 0 radical (unpaired) electrons. The Balaban J connectivity index is 2.20. The van der Waals surface area contributed by atoms with Crippen LogP contribution in [0.15, 0.2) is 36.9 Å². The number of fused-ring (bicyclic) bond motifs is 1. The van der Waals surface area contributed by atoms with Crippen molar-refractivity contribution >= 4 is 22.5 Å². The molecule has 0 saturated carbocycles. The van der Waals surface area contributed by atoms with Crippen LogP contribution in [0.5, 0.6) is 0 Å². The van der Waals surface area contributed by atoms with Gasteiger partial charge in [0.15, 0.2) is 5.82 Å². The highest BCUT2D eigenvalue weighted by atomic mass is 35.5. The third-order valence-electron chi connectivity index (χ3n) is 3.34. The lowest BCUT2D eigenvalue weighted by Gasteiger charge is -2.09. The Morgan fingerprint density at radius 1 is 1.05 bits per heavy atom. The highest BCUT2D eigenvalue weighted by Gasteiger charge is 2.12. The van der Waals surface area contributed by atoms with Crippen LogP contribution in [0.1, 0.15) is 25.5 Å². The Kier molecular flexibility index (Phi) is 4.06.